The molecule has 27 atom stereocenters. The van der Waals surface area contributed by atoms with Gasteiger partial charge in [0.05, 0.1) is 45.7 Å². The number of ether oxygens (including phenoxy) is 8. The van der Waals surface area contributed by atoms with Crippen LogP contribution in [0, 0.1) is 0 Å². The first-order valence-electron chi connectivity index (χ1n) is 32.9. The lowest BCUT2D eigenvalue weighted by molar-refractivity contribution is -0.355. The Balaban J connectivity index is 1.19. The van der Waals surface area contributed by atoms with Crippen molar-refractivity contribution in [2.24, 2.45) is 5.73 Å². The highest BCUT2D eigenvalue weighted by Gasteiger charge is 2.55. The number of carbonyl (C=O) groups is 11. The number of carbonyl (C=O) groups excluding carboxylic acids is 11. The zero-order valence-corrected chi connectivity index (χ0v) is 55.8. The van der Waals surface area contributed by atoms with Gasteiger partial charge in [0.1, 0.15) is 134 Å². The number of nitrogens with two attached hydrogens (primary N) is 1. The van der Waals surface area contributed by atoms with Gasteiger partial charge in [-0.05, 0) is 59.3 Å². The number of aliphatic hydroxyl groups is 11. The maximum Gasteiger partial charge on any atom is 0.246 e. The van der Waals surface area contributed by atoms with Crippen molar-refractivity contribution in [3.63, 3.8) is 0 Å². The largest absolute Gasteiger partial charge is 0.394 e. The number of likely N-dealkylation sites (tertiary alicyclic amines) is 3. The quantitative estimate of drug-likeness (QED) is 0.0346. The summed E-state index contributed by atoms with van der Waals surface area (Å²) in [6, 6.07) is -13.4. The van der Waals surface area contributed by atoms with E-state index in [9.17, 15) is 109 Å². The summed E-state index contributed by atoms with van der Waals surface area (Å²) in [6.07, 6.45) is -32.3. The number of nitrogens with one attached hydrogen (secondary N) is 7. The second-order valence-electron chi connectivity index (χ2n) is 25.6. The van der Waals surface area contributed by atoms with Crippen LogP contribution in [0.1, 0.15) is 80.1 Å². The third-order valence-corrected chi connectivity index (χ3v) is 18.4. The van der Waals surface area contributed by atoms with E-state index >= 15 is 0 Å². The number of rotatable bonds is 28. The van der Waals surface area contributed by atoms with Crippen molar-refractivity contribution < 1.29 is 147 Å². The van der Waals surface area contributed by atoms with Crippen molar-refractivity contribution >= 4 is 65.0 Å². The van der Waals surface area contributed by atoms with Crippen molar-refractivity contribution in [3.8, 4) is 0 Å². The number of hydrogen-bond acceptors (Lipinski definition) is 30. The normalized spacial score (nSPS) is 35.3. The fourth-order valence-electron chi connectivity index (χ4n) is 12.9. The van der Waals surface area contributed by atoms with Gasteiger partial charge in [-0.3, -0.25) is 52.7 Å². The molecule has 7 saturated heterocycles. The van der Waals surface area contributed by atoms with E-state index in [4.69, 9.17) is 43.6 Å². The predicted molar refractivity (Wildman–Crippen MR) is 328 cm³/mol. The highest BCUT2D eigenvalue weighted by molar-refractivity contribution is 5.98. The SMILES string of the molecule is CC(=O)N[C@H]1C(O[C@@H]2OC(CO)[C@H](O)C(O)[C@@H]2O)[C@@H](O)C(CO[C@@H]2OC(CO)[C@@H](O[C@@H]3OC[C@H](O)C(O)[C@@H]3O)C(O)[C@@H]2NC(C)=O)O[C@@H]1OC(C)C(NC(=O)C(CO)NC(=O)CNC(=O)C1CCCN1C(C)=O)C(=O)NC(C)C(=O)N1CCCC1C(=O)N1CCCC1C(=O)NC(C)C(N)=O. The number of nitrogens with zero attached hydrogens (tertiary/aromatic N) is 3. The summed E-state index contributed by atoms with van der Waals surface area (Å²) in [6.45, 7) is 1.96. The Morgan fingerprint density at radius 2 is 1.12 bits per heavy atom. The van der Waals surface area contributed by atoms with Crippen LogP contribution in [0.4, 0.5) is 0 Å². The van der Waals surface area contributed by atoms with E-state index in [0.717, 1.165) is 20.8 Å². The van der Waals surface area contributed by atoms with Crippen LogP contribution < -0.4 is 43.0 Å². The molecule has 41 nitrogen and oxygen atoms in total. The first-order chi connectivity index (χ1) is 47.2. The molecule has 0 aromatic rings. The van der Waals surface area contributed by atoms with Gasteiger partial charge in [-0.2, -0.15) is 0 Å². The summed E-state index contributed by atoms with van der Waals surface area (Å²) >= 11 is 0. The monoisotopic (exact) mass is 1440 g/mol. The molecule has 566 valence electrons. The molecule has 41 heteroatoms. The minimum atomic E-state index is -2.18. The van der Waals surface area contributed by atoms with Gasteiger partial charge >= 0.3 is 0 Å². The van der Waals surface area contributed by atoms with E-state index in [1.165, 1.54) is 35.5 Å². The fourth-order valence-corrected chi connectivity index (χ4v) is 12.9. The molecule has 0 saturated carbocycles. The van der Waals surface area contributed by atoms with Gasteiger partial charge in [0, 0.05) is 40.4 Å². The van der Waals surface area contributed by atoms with Gasteiger partial charge in [0.15, 0.2) is 25.2 Å². The molecule has 0 aliphatic carbocycles. The number of hydrogen-bond donors (Lipinski definition) is 19. The Hall–Kier alpha value is -6.59. The molecule has 15 unspecified atom stereocenters. The lowest BCUT2D eigenvalue weighted by Gasteiger charge is -2.49. The van der Waals surface area contributed by atoms with Gasteiger partial charge in [-0.25, -0.2) is 0 Å². The molecule has 7 aliphatic rings. The Labute approximate surface area is 572 Å². The first kappa shape index (κ1) is 80.7. The van der Waals surface area contributed by atoms with Crippen molar-refractivity contribution in [3.05, 3.63) is 0 Å². The van der Waals surface area contributed by atoms with Gasteiger partial charge in [-0.15, -0.1) is 0 Å². The van der Waals surface area contributed by atoms with Crippen LogP contribution in [0.3, 0.4) is 0 Å². The summed E-state index contributed by atoms with van der Waals surface area (Å²) in [5.74, 6) is -9.39. The molecular formula is C59H95N11O30. The van der Waals surface area contributed by atoms with Gasteiger partial charge in [0.2, 0.25) is 65.0 Å². The zero-order chi connectivity index (χ0) is 73.9. The third-order valence-electron chi connectivity index (χ3n) is 18.4. The molecule has 100 heavy (non-hydrogen) atoms. The molecule has 7 rings (SSSR count). The van der Waals surface area contributed by atoms with E-state index in [1.807, 2.05) is 0 Å². The highest BCUT2D eigenvalue weighted by atomic mass is 16.8. The van der Waals surface area contributed by atoms with Gasteiger partial charge < -0.3 is 152 Å². The highest BCUT2D eigenvalue weighted by Crippen LogP contribution is 2.34. The topological polar surface area (TPSA) is 604 Å². The lowest BCUT2D eigenvalue weighted by Crippen LogP contribution is -2.69. The summed E-state index contributed by atoms with van der Waals surface area (Å²) < 4.78 is 47.5. The fraction of sp³-hybridized carbons (Fsp3) is 0.814. The molecule has 20 N–H and O–H groups in total. The molecule has 0 spiro atoms. The van der Waals surface area contributed by atoms with Gasteiger partial charge in [0.25, 0.3) is 0 Å². The molecule has 0 aromatic carbocycles. The molecule has 0 bridgehead atoms. The van der Waals surface area contributed by atoms with Crippen LogP contribution in [0.15, 0.2) is 0 Å². The molecule has 0 radical (unpaired) electrons. The second-order valence-corrected chi connectivity index (χ2v) is 25.6. The van der Waals surface area contributed by atoms with E-state index < -0.39 is 270 Å². The van der Waals surface area contributed by atoms with Crippen molar-refractivity contribution in [1.82, 2.24) is 51.9 Å². The van der Waals surface area contributed by atoms with Crippen LogP contribution in [-0.4, -0.2) is 360 Å². The third kappa shape index (κ3) is 19.4. The van der Waals surface area contributed by atoms with Crippen LogP contribution >= 0.6 is 0 Å². The second kappa shape index (κ2) is 36.0. The Bertz CT molecular complexity index is 2890. The maximum atomic E-state index is 15.0. The van der Waals surface area contributed by atoms with E-state index in [0.29, 0.717) is 12.8 Å². The van der Waals surface area contributed by atoms with E-state index in [2.05, 4.69) is 37.2 Å². The van der Waals surface area contributed by atoms with Crippen LogP contribution in [0.25, 0.3) is 0 Å². The molecule has 7 heterocycles. The smallest absolute Gasteiger partial charge is 0.246 e. The first-order valence-corrected chi connectivity index (χ1v) is 32.9. The molecule has 11 amide bonds. The predicted octanol–water partition coefficient (Wildman–Crippen LogP) is -12.8. The number of amides is 11. The van der Waals surface area contributed by atoms with Crippen LogP contribution in [-0.2, 0) is 90.6 Å². The average molecular weight is 1440 g/mol. The molecule has 7 fully saturated rings. The number of primary amides is 1. The average Bonchev–Trinajstić information content (AvgIpc) is 0.959. The van der Waals surface area contributed by atoms with Crippen molar-refractivity contribution in [1.29, 1.82) is 0 Å². The Morgan fingerprint density at radius 3 is 1.73 bits per heavy atom. The van der Waals surface area contributed by atoms with E-state index in [1.54, 1.807) is 0 Å². The van der Waals surface area contributed by atoms with Crippen LogP contribution in [0.5, 0.6) is 0 Å². The summed E-state index contributed by atoms with van der Waals surface area (Å²) in [7, 11) is 0. The van der Waals surface area contributed by atoms with Crippen LogP contribution in [0.2, 0.25) is 0 Å². The summed E-state index contributed by atoms with van der Waals surface area (Å²) in [5, 5.41) is 136. The minimum Gasteiger partial charge on any atom is -0.394 e. The van der Waals surface area contributed by atoms with E-state index in [-0.39, 0.29) is 45.3 Å². The molecular weight excluding hydrogens is 1340 g/mol. The zero-order valence-electron chi connectivity index (χ0n) is 55.8. The Morgan fingerprint density at radius 1 is 0.550 bits per heavy atom. The molecule has 7 aliphatic heterocycles. The lowest BCUT2D eigenvalue weighted by atomic mass is 9.94. The van der Waals surface area contributed by atoms with Gasteiger partial charge in [-0.1, -0.05) is 0 Å². The summed E-state index contributed by atoms with van der Waals surface area (Å²) in [4.78, 5) is 152. The maximum absolute atomic E-state index is 15.0. The standard InChI is InChI=1S/C59H95N11O30/c1-22(49(60)86)62-52(89)30-11-8-14-69(30)55(92)31-12-9-15-70(31)54(91)23(2)63-53(90)37(67-50(87)28(17-71)66-36(78)16-61-51(88)29-10-7-13-68(29)27(6)76)24(3)95-57-39(65-26(5)75)48(100-59-46(85)44(83)41(80)33(18-72)96-59)42(81)35(98-57)21-94-56-38(64-25(4)74)43(82)47(34(19-73)97-56)99-58-45(84)40(79)32(77)20-93-58/h22-24,28-35,37-48,56-59,71-73,77,79-85H,7-21H2,1-6H3,(H2,60,86)(H,61,88)(H,62,89)(H,63,90)(H,64,74)(H,65,75)(H,66,78)(H,67,87)/t22?,23?,24?,28?,29?,30?,31?,32-,33?,34?,35?,37?,38-,39-,40?,41-,42-,43?,44?,45-,46-,47+,48?,56+,57-,58-,59-/m0/s1. The number of aliphatic hydroxyl groups excluding tert-OH is 11. The Kier molecular flexibility index (Phi) is 29.1. The summed E-state index contributed by atoms with van der Waals surface area (Å²) in [5.41, 5.74) is 5.35. The molecule has 0 aromatic heterocycles. The van der Waals surface area contributed by atoms with Crippen molar-refractivity contribution in [2.75, 3.05) is 59.2 Å². The minimum absolute atomic E-state index is 0.0173. The van der Waals surface area contributed by atoms with Crippen molar-refractivity contribution in [2.45, 2.75) is 245 Å².